The highest BCUT2D eigenvalue weighted by Crippen LogP contribution is 2.61. The van der Waals surface area contributed by atoms with E-state index in [2.05, 4.69) is 29.8 Å². The number of rotatable bonds is 2. The molecule has 1 aromatic rings. The summed E-state index contributed by atoms with van der Waals surface area (Å²) in [7, 11) is 0. The third-order valence-electron chi connectivity index (χ3n) is 4.11. The second-order valence-electron chi connectivity index (χ2n) is 6.07. The minimum atomic E-state index is 0.284. The number of alkyl halides is 1. The smallest absolute Gasteiger partial charge is 0.162 e. The molecular weight excluding hydrogens is 328 g/mol. The summed E-state index contributed by atoms with van der Waals surface area (Å²) in [6.45, 7) is 5.98. The predicted molar refractivity (Wildman–Crippen MR) is 80.6 cm³/mol. The van der Waals surface area contributed by atoms with Gasteiger partial charge in [-0.1, -0.05) is 41.4 Å². The fourth-order valence-electron chi connectivity index (χ4n) is 2.64. The molecule has 1 heterocycles. The summed E-state index contributed by atoms with van der Waals surface area (Å²) in [5.41, 5.74) is 1.52. The first-order chi connectivity index (χ1) is 8.99. The van der Waals surface area contributed by atoms with Gasteiger partial charge >= 0.3 is 0 Å². The molecule has 2 nitrogen and oxygen atoms in total. The lowest BCUT2D eigenvalue weighted by molar-refractivity contribution is 0.297. The zero-order chi connectivity index (χ0) is 13.6. The maximum atomic E-state index is 6.41. The lowest BCUT2D eigenvalue weighted by atomic mass is 10.0. The first-order valence-corrected chi connectivity index (χ1v) is 8.01. The molecule has 19 heavy (non-hydrogen) atoms. The van der Waals surface area contributed by atoms with Gasteiger partial charge < -0.3 is 9.47 Å². The molecule has 0 amide bonds. The first kappa shape index (κ1) is 13.6. The van der Waals surface area contributed by atoms with Gasteiger partial charge in [0.25, 0.3) is 0 Å². The minimum absolute atomic E-state index is 0.284. The molecule has 104 valence electrons. The van der Waals surface area contributed by atoms with Crippen LogP contribution in [0.2, 0.25) is 5.02 Å². The lowest BCUT2D eigenvalue weighted by Gasteiger charge is -2.17. The van der Waals surface area contributed by atoms with Crippen LogP contribution in [0.25, 0.3) is 0 Å². The second kappa shape index (κ2) is 4.85. The van der Waals surface area contributed by atoms with E-state index in [1.165, 1.54) is 6.42 Å². The summed E-state index contributed by atoms with van der Waals surface area (Å²) in [5.74, 6) is 2.22. The molecule has 0 radical (unpaired) electrons. The normalized spacial score (nSPS) is 25.6. The third-order valence-corrected chi connectivity index (χ3v) is 5.57. The molecule has 3 rings (SSSR count). The van der Waals surface area contributed by atoms with Crippen molar-refractivity contribution in [1.82, 2.24) is 0 Å². The van der Waals surface area contributed by atoms with Crippen LogP contribution in [0.1, 0.15) is 37.1 Å². The highest BCUT2D eigenvalue weighted by Gasteiger charge is 2.50. The molecule has 0 aromatic heterocycles. The Bertz CT molecular complexity index is 501. The first-order valence-electron chi connectivity index (χ1n) is 6.72. The third kappa shape index (κ3) is 2.59. The highest BCUT2D eigenvalue weighted by molar-refractivity contribution is 9.09. The number of halogens is 2. The van der Waals surface area contributed by atoms with Gasteiger partial charge in [0.15, 0.2) is 11.5 Å². The van der Waals surface area contributed by atoms with Gasteiger partial charge in [0.05, 0.1) is 13.2 Å². The van der Waals surface area contributed by atoms with Crippen molar-refractivity contribution >= 4 is 27.5 Å². The Balaban J connectivity index is 1.92. The number of benzene rings is 1. The molecule has 0 N–H and O–H groups in total. The predicted octanol–water partition coefficient (Wildman–Crippen LogP) is 4.98. The van der Waals surface area contributed by atoms with E-state index in [0.717, 1.165) is 28.5 Å². The van der Waals surface area contributed by atoms with Crippen molar-refractivity contribution in [2.75, 3.05) is 13.2 Å². The summed E-state index contributed by atoms with van der Waals surface area (Å²) in [6.07, 6.45) is 2.14. The summed E-state index contributed by atoms with van der Waals surface area (Å²) in [4.78, 5) is 0.284. The molecule has 1 saturated carbocycles. The lowest BCUT2D eigenvalue weighted by Crippen LogP contribution is -2.01. The van der Waals surface area contributed by atoms with Crippen LogP contribution in [-0.4, -0.2) is 13.2 Å². The Labute approximate surface area is 127 Å². The van der Waals surface area contributed by atoms with Crippen molar-refractivity contribution in [3.63, 3.8) is 0 Å². The second-order valence-corrected chi connectivity index (χ2v) is 7.47. The van der Waals surface area contributed by atoms with E-state index >= 15 is 0 Å². The van der Waals surface area contributed by atoms with Crippen molar-refractivity contribution in [1.29, 1.82) is 0 Å². The van der Waals surface area contributed by atoms with Crippen LogP contribution in [-0.2, 0) is 0 Å². The number of ether oxygens (including phenoxy) is 2. The summed E-state index contributed by atoms with van der Waals surface area (Å²) in [6, 6.07) is 3.93. The van der Waals surface area contributed by atoms with Gasteiger partial charge in [-0.05, 0) is 29.4 Å². The molecule has 0 bridgehead atoms. The molecule has 1 aliphatic heterocycles. The topological polar surface area (TPSA) is 18.5 Å². The van der Waals surface area contributed by atoms with E-state index in [9.17, 15) is 0 Å². The van der Waals surface area contributed by atoms with Crippen molar-refractivity contribution in [2.45, 2.75) is 31.5 Å². The van der Waals surface area contributed by atoms with Gasteiger partial charge in [0.1, 0.15) is 0 Å². The maximum Gasteiger partial charge on any atom is 0.162 e. The molecule has 0 saturated heterocycles. The van der Waals surface area contributed by atoms with E-state index in [0.29, 0.717) is 24.5 Å². The van der Waals surface area contributed by atoms with Gasteiger partial charge in [-0.2, -0.15) is 0 Å². The Kier molecular flexibility index (Phi) is 3.46. The SMILES string of the molecule is CC1(C)CC1C(Br)c1cc2c(cc1Cl)OCCCO2. The molecule has 0 spiro atoms. The van der Waals surface area contributed by atoms with Crippen LogP contribution in [0.5, 0.6) is 11.5 Å². The van der Waals surface area contributed by atoms with Gasteiger partial charge in [-0.3, -0.25) is 0 Å². The van der Waals surface area contributed by atoms with E-state index in [1.54, 1.807) is 0 Å². The quantitative estimate of drug-likeness (QED) is 0.704. The van der Waals surface area contributed by atoms with E-state index in [-0.39, 0.29) is 4.83 Å². The van der Waals surface area contributed by atoms with Gasteiger partial charge in [-0.15, -0.1) is 0 Å². The monoisotopic (exact) mass is 344 g/mol. The van der Waals surface area contributed by atoms with E-state index < -0.39 is 0 Å². The molecular formula is C15H18BrClO2. The van der Waals surface area contributed by atoms with Crippen LogP contribution >= 0.6 is 27.5 Å². The molecule has 4 heteroatoms. The Morgan fingerprint density at radius 2 is 1.84 bits per heavy atom. The number of fused-ring (bicyclic) bond motifs is 1. The number of hydrogen-bond donors (Lipinski definition) is 0. The fourth-order valence-corrected chi connectivity index (χ4v) is 4.32. The van der Waals surface area contributed by atoms with Gasteiger partial charge in [-0.25, -0.2) is 0 Å². The molecule has 2 aliphatic rings. The average molecular weight is 346 g/mol. The summed E-state index contributed by atoms with van der Waals surface area (Å²) < 4.78 is 11.4. The van der Waals surface area contributed by atoms with Crippen LogP contribution < -0.4 is 9.47 Å². The Morgan fingerprint density at radius 1 is 1.26 bits per heavy atom. The number of hydrogen-bond acceptors (Lipinski definition) is 2. The van der Waals surface area contributed by atoms with Gasteiger partial charge in [0.2, 0.25) is 0 Å². The fraction of sp³-hybridized carbons (Fsp3) is 0.600. The molecule has 2 atom stereocenters. The maximum absolute atomic E-state index is 6.41. The zero-order valence-corrected chi connectivity index (χ0v) is 13.6. The molecule has 1 aromatic carbocycles. The minimum Gasteiger partial charge on any atom is -0.490 e. The van der Waals surface area contributed by atoms with Crippen molar-refractivity contribution in [3.8, 4) is 11.5 Å². The van der Waals surface area contributed by atoms with Gasteiger partial charge in [0, 0.05) is 22.3 Å². The average Bonchev–Trinajstić information content (AvgIpc) is 3.04. The summed E-state index contributed by atoms with van der Waals surface area (Å²) >= 11 is 10.2. The molecule has 1 aliphatic carbocycles. The molecule has 1 fully saturated rings. The highest BCUT2D eigenvalue weighted by atomic mass is 79.9. The Hall–Kier alpha value is -0.410. The van der Waals surface area contributed by atoms with E-state index in [1.807, 2.05) is 12.1 Å². The van der Waals surface area contributed by atoms with Crippen molar-refractivity contribution < 1.29 is 9.47 Å². The van der Waals surface area contributed by atoms with Crippen LogP contribution in [0.3, 0.4) is 0 Å². The zero-order valence-electron chi connectivity index (χ0n) is 11.2. The largest absolute Gasteiger partial charge is 0.490 e. The summed E-state index contributed by atoms with van der Waals surface area (Å²) in [5, 5.41) is 0.758. The Morgan fingerprint density at radius 3 is 2.42 bits per heavy atom. The van der Waals surface area contributed by atoms with Crippen molar-refractivity contribution in [3.05, 3.63) is 22.7 Å². The van der Waals surface area contributed by atoms with Crippen molar-refractivity contribution in [2.24, 2.45) is 11.3 Å². The van der Waals surface area contributed by atoms with Crippen LogP contribution in [0, 0.1) is 11.3 Å². The standard InChI is InChI=1S/C15H18BrClO2/c1-15(2)8-10(15)14(16)9-6-12-13(7-11(9)17)19-5-3-4-18-12/h6-7,10,14H,3-5,8H2,1-2H3. The van der Waals surface area contributed by atoms with Crippen LogP contribution in [0.15, 0.2) is 12.1 Å². The van der Waals surface area contributed by atoms with E-state index in [4.69, 9.17) is 21.1 Å². The van der Waals surface area contributed by atoms with Crippen LogP contribution in [0.4, 0.5) is 0 Å². The molecule has 2 unspecified atom stereocenters.